The molecule has 0 radical (unpaired) electrons. The van der Waals surface area contributed by atoms with Gasteiger partial charge >= 0.3 is 0 Å². The van der Waals surface area contributed by atoms with Crippen LogP contribution in [-0.4, -0.2) is 33.8 Å². The molecule has 0 amide bonds. The molecule has 114 valence electrons. The fourth-order valence-electron chi connectivity index (χ4n) is 3.18. The van der Waals surface area contributed by atoms with Gasteiger partial charge in [0.2, 0.25) is 0 Å². The minimum absolute atomic E-state index is 0.912. The molecule has 0 bridgehead atoms. The Morgan fingerprint density at radius 1 is 1.24 bits per heavy atom. The van der Waals surface area contributed by atoms with E-state index in [0.29, 0.717) is 0 Å². The Bertz CT molecular complexity index is 594. The van der Waals surface area contributed by atoms with Crippen molar-refractivity contribution in [2.75, 3.05) is 13.6 Å². The predicted octanol–water partition coefficient (Wildman–Crippen LogP) is 2.57. The number of hydrogen-bond acceptors (Lipinski definition) is 4. The van der Waals surface area contributed by atoms with Gasteiger partial charge < -0.3 is 9.42 Å². The zero-order valence-corrected chi connectivity index (χ0v) is 13.2. The minimum Gasteiger partial charge on any atom is -0.361 e. The van der Waals surface area contributed by atoms with Crippen LogP contribution in [0.25, 0.3) is 0 Å². The predicted molar refractivity (Wildman–Crippen MR) is 81.2 cm³/mol. The van der Waals surface area contributed by atoms with E-state index in [0.717, 1.165) is 37.4 Å². The molecule has 3 rings (SSSR count). The molecule has 0 saturated heterocycles. The molecule has 21 heavy (non-hydrogen) atoms. The smallest absolute Gasteiger partial charge is 0.137 e. The first kappa shape index (κ1) is 14.3. The SMILES string of the molecule is Cc1noc(C)c1CCN(C)Cc1n[nH]c2c1CCCC2. The molecule has 5 heteroatoms. The van der Waals surface area contributed by atoms with Gasteiger partial charge in [-0.3, -0.25) is 5.10 Å². The highest BCUT2D eigenvalue weighted by Crippen LogP contribution is 2.23. The van der Waals surface area contributed by atoms with Gasteiger partial charge in [-0.05, 0) is 58.6 Å². The standard InChI is InChI=1S/C16H24N4O/c1-11-13(12(2)21-19-11)8-9-20(3)10-16-14-6-4-5-7-15(14)17-18-16/h4-10H2,1-3H3,(H,17,18). The van der Waals surface area contributed by atoms with E-state index in [1.807, 2.05) is 13.8 Å². The van der Waals surface area contributed by atoms with Crippen LogP contribution in [0.1, 0.15) is 46.8 Å². The maximum atomic E-state index is 5.22. The van der Waals surface area contributed by atoms with Gasteiger partial charge in [-0.1, -0.05) is 5.16 Å². The molecule has 2 aromatic heterocycles. The molecule has 0 fully saturated rings. The first-order valence-electron chi connectivity index (χ1n) is 7.80. The third-order valence-electron chi connectivity index (χ3n) is 4.49. The average molecular weight is 288 g/mol. The van der Waals surface area contributed by atoms with E-state index in [1.54, 1.807) is 0 Å². The molecule has 2 heterocycles. The van der Waals surface area contributed by atoms with Crippen LogP contribution < -0.4 is 0 Å². The average Bonchev–Trinajstić information content (AvgIpc) is 3.02. The molecule has 0 spiro atoms. The van der Waals surface area contributed by atoms with Crippen LogP contribution in [-0.2, 0) is 25.8 Å². The Hall–Kier alpha value is -1.62. The van der Waals surface area contributed by atoms with E-state index in [9.17, 15) is 0 Å². The van der Waals surface area contributed by atoms with E-state index >= 15 is 0 Å². The molecule has 5 nitrogen and oxygen atoms in total. The van der Waals surface area contributed by atoms with Crippen molar-refractivity contribution in [2.45, 2.75) is 52.5 Å². The lowest BCUT2D eigenvalue weighted by Gasteiger charge is -2.17. The van der Waals surface area contributed by atoms with Crippen molar-refractivity contribution < 1.29 is 4.52 Å². The molecule has 0 aliphatic heterocycles. The summed E-state index contributed by atoms with van der Waals surface area (Å²) in [6.45, 7) is 5.90. The normalized spacial score (nSPS) is 14.7. The van der Waals surface area contributed by atoms with Crippen molar-refractivity contribution >= 4 is 0 Å². The fourth-order valence-corrected chi connectivity index (χ4v) is 3.18. The molecular formula is C16H24N4O. The number of aromatic nitrogens is 3. The van der Waals surface area contributed by atoms with Crippen LogP contribution >= 0.6 is 0 Å². The zero-order valence-electron chi connectivity index (χ0n) is 13.2. The number of rotatable bonds is 5. The largest absolute Gasteiger partial charge is 0.361 e. The van der Waals surface area contributed by atoms with E-state index in [1.165, 1.54) is 41.8 Å². The number of nitrogens with one attached hydrogen (secondary N) is 1. The Labute approximate surface area is 125 Å². The van der Waals surface area contributed by atoms with E-state index < -0.39 is 0 Å². The van der Waals surface area contributed by atoms with Crippen molar-refractivity contribution in [1.82, 2.24) is 20.3 Å². The number of aromatic amines is 1. The van der Waals surface area contributed by atoms with Crippen molar-refractivity contribution in [3.05, 3.63) is 34.0 Å². The van der Waals surface area contributed by atoms with Gasteiger partial charge in [-0.25, -0.2) is 0 Å². The van der Waals surface area contributed by atoms with Crippen LogP contribution in [0.3, 0.4) is 0 Å². The van der Waals surface area contributed by atoms with Crippen LogP contribution in [0.4, 0.5) is 0 Å². The number of aryl methyl sites for hydroxylation is 3. The van der Waals surface area contributed by atoms with Crippen LogP contribution in [0.2, 0.25) is 0 Å². The number of fused-ring (bicyclic) bond motifs is 1. The van der Waals surface area contributed by atoms with Gasteiger partial charge in [-0.2, -0.15) is 5.10 Å². The molecule has 0 atom stereocenters. The van der Waals surface area contributed by atoms with Gasteiger partial charge in [0.1, 0.15) is 5.76 Å². The molecule has 2 aromatic rings. The second-order valence-corrected chi connectivity index (χ2v) is 6.13. The van der Waals surface area contributed by atoms with Gasteiger partial charge in [-0.15, -0.1) is 0 Å². The molecule has 0 unspecified atom stereocenters. The van der Waals surface area contributed by atoms with Crippen molar-refractivity contribution in [3.8, 4) is 0 Å². The maximum absolute atomic E-state index is 5.22. The first-order chi connectivity index (χ1) is 10.1. The van der Waals surface area contributed by atoms with Gasteiger partial charge in [0.15, 0.2) is 0 Å². The minimum atomic E-state index is 0.912. The molecule has 0 saturated carbocycles. The van der Waals surface area contributed by atoms with Gasteiger partial charge in [0.05, 0.1) is 11.4 Å². The number of nitrogens with zero attached hydrogens (tertiary/aromatic N) is 3. The molecule has 1 N–H and O–H groups in total. The Morgan fingerprint density at radius 2 is 2.05 bits per heavy atom. The molecule has 1 aliphatic rings. The number of hydrogen-bond donors (Lipinski definition) is 1. The van der Waals surface area contributed by atoms with E-state index in [2.05, 4.69) is 27.3 Å². The number of H-pyrrole nitrogens is 1. The highest BCUT2D eigenvalue weighted by molar-refractivity contribution is 5.27. The summed E-state index contributed by atoms with van der Waals surface area (Å²) < 4.78 is 5.22. The second kappa shape index (κ2) is 6.02. The summed E-state index contributed by atoms with van der Waals surface area (Å²) in [5.74, 6) is 0.943. The Kier molecular flexibility index (Phi) is 4.10. The summed E-state index contributed by atoms with van der Waals surface area (Å²) in [4.78, 5) is 2.33. The first-order valence-corrected chi connectivity index (χ1v) is 7.80. The van der Waals surface area contributed by atoms with Crippen molar-refractivity contribution in [2.24, 2.45) is 0 Å². The Morgan fingerprint density at radius 3 is 2.81 bits per heavy atom. The summed E-state index contributed by atoms with van der Waals surface area (Å²) in [6.07, 6.45) is 5.90. The topological polar surface area (TPSA) is 58.0 Å². The lowest BCUT2D eigenvalue weighted by atomic mass is 9.96. The highest BCUT2D eigenvalue weighted by atomic mass is 16.5. The highest BCUT2D eigenvalue weighted by Gasteiger charge is 2.18. The maximum Gasteiger partial charge on any atom is 0.137 e. The zero-order chi connectivity index (χ0) is 14.8. The molecule has 1 aliphatic carbocycles. The summed E-state index contributed by atoms with van der Waals surface area (Å²) in [5.41, 5.74) is 6.30. The number of likely N-dealkylation sites (N-methyl/N-ethyl adjacent to an activating group) is 1. The second-order valence-electron chi connectivity index (χ2n) is 6.13. The van der Waals surface area contributed by atoms with E-state index in [-0.39, 0.29) is 0 Å². The van der Waals surface area contributed by atoms with Crippen molar-refractivity contribution in [3.63, 3.8) is 0 Å². The third-order valence-corrected chi connectivity index (χ3v) is 4.49. The molecule has 0 aromatic carbocycles. The van der Waals surface area contributed by atoms with Crippen LogP contribution in [0.5, 0.6) is 0 Å². The van der Waals surface area contributed by atoms with Gasteiger partial charge in [0, 0.05) is 24.3 Å². The molecular weight excluding hydrogens is 264 g/mol. The lowest BCUT2D eigenvalue weighted by Crippen LogP contribution is -2.22. The third kappa shape index (κ3) is 3.02. The van der Waals surface area contributed by atoms with Crippen LogP contribution in [0.15, 0.2) is 4.52 Å². The summed E-state index contributed by atoms with van der Waals surface area (Å²) in [5, 5.41) is 11.8. The van der Waals surface area contributed by atoms with Gasteiger partial charge in [0.25, 0.3) is 0 Å². The summed E-state index contributed by atoms with van der Waals surface area (Å²) in [6, 6.07) is 0. The van der Waals surface area contributed by atoms with E-state index in [4.69, 9.17) is 4.52 Å². The summed E-state index contributed by atoms with van der Waals surface area (Å²) >= 11 is 0. The monoisotopic (exact) mass is 288 g/mol. The van der Waals surface area contributed by atoms with Crippen LogP contribution in [0, 0.1) is 13.8 Å². The Balaban J connectivity index is 1.59. The summed E-state index contributed by atoms with van der Waals surface area (Å²) in [7, 11) is 2.15. The quantitative estimate of drug-likeness (QED) is 0.918. The van der Waals surface area contributed by atoms with Crippen molar-refractivity contribution in [1.29, 1.82) is 0 Å². The lowest BCUT2D eigenvalue weighted by molar-refractivity contribution is 0.324. The fraction of sp³-hybridized carbons (Fsp3) is 0.625.